The SMILES string of the molecule is Cc1cccc2c3c([nH]c12)CC(C)CC3. The molecule has 1 atom stereocenters. The molecule has 2 aromatic rings. The Kier molecular flexibility index (Phi) is 1.88. The predicted molar refractivity (Wildman–Crippen MR) is 64.2 cm³/mol. The summed E-state index contributed by atoms with van der Waals surface area (Å²) in [5.41, 5.74) is 5.79. The van der Waals surface area contributed by atoms with Crippen LogP contribution in [-0.2, 0) is 12.8 Å². The highest BCUT2D eigenvalue weighted by Crippen LogP contribution is 2.32. The Morgan fingerprint density at radius 2 is 2.20 bits per heavy atom. The minimum absolute atomic E-state index is 0.839. The first-order chi connectivity index (χ1) is 7.25. The van der Waals surface area contributed by atoms with Crippen LogP contribution in [0.3, 0.4) is 0 Å². The summed E-state index contributed by atoms with van der Waals surface area (Å²) in [7, 11) is 0. The number of fused-ring (bicyclic) bond motifs is 3. The third-order valence-electron chi connectivity index (χ3n) is 3.68. The standard InChI is InChI=1S/C14H17N/c1-9-6-7-11-12-5-3-4-10(2)14(12)15-13(11)8-9/h3-5,9,15H,6-8H2,1-2H3. The van der Waals surface area contributed by atoms with Crippen LogP contribution in [0, 0.1) is 12.8 Å². The molecule has 1 aromatic carbocycles. The molecule has 1 aromatic heterocycles. The molecule has 15 heavy (non-hydrogen) atoms. The second-order valence-electron chi connectivity index (χ2n) is 4.93. The predicted octanol–water partition coefficient (Wildman–Crippen LogP) is 3.60. The molecule has 1 heterocycles. The Balaban J connectivity index is 2.27. The van der Waals surface area contributed by atoms with E-state index in [0.29, 0.717) is 0 Å². The fourth-order valence-corrected chi connectivity index (χ4v) is 2.78. The summed E-state index contributed by atoms with van der Waals surface area (Å²) < 4.78 is 0. The van der Waals surface area contributed by atoms with E-state index in [1.165, 1.54) is 41.4 Å². The van der Waals surface area contributed by atoms with Crippen molar-refractivity contribution in [1.29, 1.82) is 0 Å². The topological polar surface area (TPSA) is 15.8 Å². The van der Waals surface area contributed by atoms with E-state index < -0.39 is 0 Å². The number of aromatic nitrogens is 1. The lowest BCUT2D eigenvalue weighted by atomic mass is 9.88. The number of hydrogen-bond donors (Lipinski definition) is 1. The van der Waals surface area contributed by atoms with Gasteiger partial charge in [0.05, 0.1) is 0 Å². The third kappa shape index (κ3) is 1.30. The summed E-state index contributed by atoms with van der Waals surface area (Å²) in [6.07, 6.45) is 3.82. The van der Waals surface area contributed by atoms with Gasteiger partial charge in [-0.25, -0.2) is 0 Å². The van der Waals surface area contributed by atoms with E-state index >= 15 is 0 Å². The normalized spacial score (nSPS) is 20.5. The number of aryl methyl sites for hydroxylation is 2. The second kappa shape index (κ2) is 3.13. The van der Waals surface area contributed by atoms with Crippen molar-refractivity contribution in [2.24, 2.45) is 5.92 Å². The van der Waals surface area contributed by atoms with Gasteiger partial charge >= 0.3 is 0 Å². The van der Waals surface area contributed by atoms with Gasteiger partial charge in [-0.2, -0.15) is 0 Å². The lowest BCUT2D eigenvalue weighted by Crippen LogP contribution is -2.09. The zero-order valence-corrected chi connectivity index (χ0v) is 9.43. The molecule has 78 valence electrons. The van der Waals surface area contributed by atoms with Crippen molar-refractivity contribution in [3.63, 3.8) is 0 Å². The lowest BCUT2D eigenvalue weighted by Gasteiger charge is -2.17. The van der Waals surface area contributed by atoms with E-state index in [1.54, 1.807) is 5.56 Å². The first-order valence-corrected chi connectivity index (χ1v) is 5.84. The van der Waals surface area contributed by atoms with Crippen LogP contribution < -0.4 is 0 Å². The molecule has 1 heteroatoms. The Morgan fingerprint density at radius 1 is 1.33 bits per heavy atom. The Labute approximate surface area is 90.5 Å². The Bertz CT molecular complexity index is 507. The maximum Gasteiger partial charge on any atom is 0.0488 e. The van der Waals surface area contributed by atoms with Gasteiger partial charge in [0.1, 0.15) is 0 Å². The summed E-state index contributed by atoms with van der Waals surface area (Å²) in [5.74, 6) is 0.839. The van der Waals surface area contributed by atoms with Gasteiger partial charge in [0, 0.05) is 16.6 Å². The van der Waals surface area contributed by atoms with E-state index in [-0.39, 0.29) is 0 Å². The highest BCUT2D eigenvalue weighted by molar-refractivity contribution is 5.87. The molecule has 1 nitrogen and oxygen atoms in total. The number of para-hydroxylation sites is 1. The molecule has 1 aliphatic rings. The van der Waals surface area contributed by atoms with Gasteiger partial charge in [0.2, 0.25) is 0 Å². The molecule has 1 N–H and O–H groups in total. The fraction of sp³-hybridized carbons (Fsp3) is 0.429. The van der Waals surface area contributed by atoms with Crippen LogP contribution in [0.2, 0.25) is 0 Å². The molecule has 0 radical (unpaired) electrons. The van der Waals surface area contributed by atoms with Crippen LogP contribution in [-0.4, -0.2) is 4.98 Å². The van der Waals surface area contributed by atoms with Gasteiger partial charge in [-0.05, 0) is 43.2 Å². The molecule has 0 fully saturated rings. The molecule has 0 aliphatic heterocycles. The zero-order chi connectivity index (χ0) is 10.4. The van der Waals surface area contributed by atoms with Crippen molar-refractivity contribution in [1.82, 2.24) is 4.98 Å². The van der Waals surface area contributed by atoms with E-state index in [4.69, 9.17) is 0 Å². The summed E-state index contributed by atoms with van der Waals surface area (Å²) >= 11 is 0. The summed E-state index contributed by atoms with van der Waals surface area (Å²) in [5, 5.41) is 1.46. The van der Waals surface area contributed by atoms with Crippen LogP contribution in [0.25, 0.3) is 10.9 Å². The van der Waals surface area contributed by atoms with Gasteiger partial charge in [-0.1, -0.05) is 25.1 Å². The first kappa shape index (κ1) is 9.02. The van der Waals surface area contributed by atoms with Crippen molar-refractivity contribution in [3.05, 3.63) is 35.0 Å². The molecule has 3 rings (SSSR count). The minimum atomic E-state index is 0.839. The number of benzene rings is 1. The third-order valence-corrected chi connectivity index (χ3v) is 3.68. The summed E-state index contributed by atoms with van der Waals surface area (Å²) in [4.78, 5) is 3.61. The molecule has 0 bridgehead atoms. The van der Waals surface area contributed by atoms with Crippen molar-refractivity contribution in [3.8, 4) is 0 Å². The van der Waals surface area contributed by atoms with Gasteiger partial charge in [0.25, 0.3) is 0 Å². The molecule has 0 saturated heterocycles. The van der Waals surface area contributed by atoms with E-state index in [0.717, 1.165) is 5.92 Å². The van der Waals surface area contributed by atoms with Gasteiger partial charge in [0.15, 0.2) is 0 Å². The number of hydrogen-bond acceptors (Lipinski definition) is 0. The van der Waals surface area contributed by atoms with Crippen LogP contribution >= 0.6 is 0 Å². The number of rotatable bonds is 0. The molecule has 1 unspecified atom stereocenters. The lowest BCUT2D eigenvalue weighted by molar-refractivity contribution is 0.497. The van der Waals surface area contributed by atoms with Crippen LogP contribution in [0.4, 0.5) is 0 Å². The average molecular weight is 199 g/mol. The van der Waals surface area contributed by atoms with Gasteiger partial charge in [-0.15, -0.1) is 0 Å². The highest BCUT2D eigenvalue weighted by atomic mass is 14.7. The quantitative estimate of drug-likeness (QED) is 0.667. The Hall–Kier alpha value is -1.24. The zero-order valence-electron chi connectivity index (χ0n) is 9.43. The van der Waals surface area contributed by atoms with Crippen LogP contribution in [0.1, 0.15) is 30.2 Å². The fourth-order valence-electron chi connectivity index (χ4n) is 2.78. The maximum atomic E-state index is 3.61. The maximum absolute atomic E-state index is 3.61. The molecule has 0 spiro atoms. The van der Waals surface area contributed by atoms with E-state index in [1.807, 2.05) is 0 Å². The molecular formula is C14H17N. The van der Waals surface area contributed by atoms with Crippen molar-refractivity contribution in [2.75, 3.05) is 0 Å². The molecule has 0 amide bonds. The van der Waals surface area contributed by atoms with E-state index in [9.17, 15) is 0 Å². The smallest absolute Gasteiger partial charge is 0.0488 e. The van der Waals surface area contributed by atoms with Gasteiger partial charge < -0.3 is 4.98 Å². The molecular weight excluding hydrogens is 182 g/mol. The largest absolute Gasteiger partial charge is 0.358 e. The first-order valence-electron chi connectivity index (χ1n) is 5.84. The van der Waals surface area contributed by atoms with Crippen molar-refractivity contribution in [2.45, 2.75) is 33.1 Å². The Morgan fingerprint density at radius 3 is 3.07 bits per heavy atom. The van der Waals surface area contributed by atoms with Gasteiger partial charge in [-0.3, -0.25) is 0 Å². The number of nitrogens with one attached hydrogen (secondary N) is 1. The summed E-state index contributed by atoms with van der Waals surface area (Å²) in [6.45, 7) is 4.54. The average Bonchev–Trinajstić information content (AvgIpc) is 2.57. The second-order valence-corrected chi connectivity index (χ2v) is 4.93. The van der Waals surface area contributed by atoms with Crippen molar-refractivity contribution < 1.29 is 0 Å². The van der Waals surface area contributed by atoms with E-state index in [2.05, 4.69) is 37.0 Å². The highest BCUT2D eigenvalue weighted by Gasteiger charge is 2.19. The van der Waals surface area contributed by atoms with Crippen LogP contribution in [0.5, 0.6) is 0 Å². The molecule has 0 saturated carbocycles. The number of aromatic amines is 1. The number of H-pyrrole nitrogens is 1. The molecule has 1 aliphatic carbocycles. The minimum Gasteiger partial charge on any atom is -0.358 e. The monoisotopic (exact) mass is 199 g/mol. The van der Waals surface area contributed by atoms with Crippen LogP contribution in [0.15, 0.2) is 18.2 Å². The summed E-state index contributed by atoms with van der Waals surface area (Å²) in [6, 6.07) is 6.62. The van der Waals surface area contributed by atoms with Crippen molar-refractivity contribution >= 4 is 10.9 Å².